The fourth-order valence-electron chi connectivity index (χ4n) is 4.31. The second kappa shape index (κ2) is 10.1. The van der Waals surface area contributed by atoms with Crippen LogP contribution in [0.3, 0.4) is 0 Å². The number of carbonyl (C=O) groups is 2. The summed E-state index contributed by atoms with van der Waals surface area (Å²) >= 11 is 12.7. The molecule has 10 heteroatoms. The van der Waals surface area contributed by atoms with Crippen molar-refractivity contribution in [2.24, 2.45) is 0 Å². The molecule has 1 aliphatic rings. The third kappa shape index (κ3) is 4.86. The number of aromatic nitrogens is 1. The number of halogens is 2. The molecule has 1 saturated carbocycles. The molecular weight excluding hydrogens is 499 g/mol. The number of hydrogen-bond acceptors (Lipinski definition) is 5. The monoisotopic (exact) mass is 522 g/mol. The van der Waals surface area contributed by atoms with Crippen molar-refractivity contribution in [3.63, 3.8) is 0 Å². The number of hydrogen-bond donors (Lipinski definition) is 2. The summed E-state index contributed by atoms with van der Waals surface area (Å²) in [5.74, 6) is -1.90. The van der Waals surface area contributed by atoms with Gasteiger partial charge in [0, 0.05) is 22.5 Å². The van der Waals surface area contributed by atoms with E-state index in [1.165, 1.54) is 12.1 Å². The molecule has 3 aromatic rings. The number of H-pyrrole nitrogens is 1. The average Bonchev–Trinajstić information content (AvgIpc) is 3.20. The highest BCUT2D eigenvalue weighted by atomic mass is 35.5. The Balaban J connectivity index is 1.84. The highest BCUT2D eigenvalue weighted by Gasteiger charge is 2.29. The lowest BCUT2D eigenvalue weighted by Crippen LogP contribution is -2.36. The molecule has 4 rings (SSSR count). The minimum Gasteiger partial charge on any atom is -0.460 e. The van der Waals surface area contributed by atoms with E-state index in [1.54, 1.807) is 31.2 Å². The van der Waals surface area contributed by atoms with Gasteiger partial charge in [0.05, 0.1) is 27.9 Å². The maximum absolute atomic E-state index is 13.2. The van der Waals surface area contributed by atoms with Crippen LogP contribution in [-0.2, 0) is 19.6 Å². The van der Waals surface area contributed by atoms with Crippen LogP contribution in [0.25, 0.3) is 22.2 Å². The number of rotatable bonds is 7. The number of Topliss-reactive ketones (excluding diaryl/α,β-unsaturated/α-hetero) is 1. The average molecular weight is 523 g/mol. The molecule has 34 heavy (non-hydrogen) atoms. The van der Waals surface area contributed by atoms with Crippen molar-refractivity contribution in [3.05, 3.63) is 52.0 Å². The maximum Gasteiger partial charge on any atom is 0.379 e. The second-order valence-corrected chi connectivity index (χ2v) is 10.7. The third-order valence-electron chi connectivity index (χ3n) is 5.90. The number of benzene rings is 2. The zero-order valence-corrected chi connectivity index (χ0v) is 20.8. The Labute approximate surface area is 207 Å². The Bertz CT molecular complexity index is 1360. The second-order valence-electron chi connectivity index (χ2n) is 8.19. The van der Waals surface area contributed by atoms with E-state index in [-0.39, 0.29) is 38.8 Å². The zero-order chi connectivity index (χ0) is 24.5. The fourth-order valence-corrected chi connectivity index (χ4v) is 6.41. The molecule has 0 bridgehead atoms. The normalized spacial score (nSPS) is 14.9. The molecule has 1 fully saturated rings. The van der Waals surface area contributed by atoms with Crippen LogP contribution >= 0.6 is 23.2 Å². The molecule has 0 saturated heterocycles. The summed E-state index contributed by atoms with van der Waals surface area (Å²) in [7, 11) is -3.92. The number of esters is 1. The highest BCUT2D eigenvalue weighted by Crippen LogP contribution is 2.37. The molecule has 1 aliphatic carbocycles. The molecule has 0 atom stereocenters. The summed E-state index contributed by atoms with van der Waals surface area (Å²) in [6.45, 7) is 1.64. The van der Waals surface area contributed by atoms with Crippen LogP contribution in [0.5, 0.6) is 0 Å². The van der Waals surface area contributed by atoms with Crippen molar-refractivity contribution in [3.8, 4) is 11.3 Å². The molecule has 0 spiro atoms. The van der Waals surface area contributed by atoms with E-state index in [0.29, 0.717) is 16.5 Å². The Hall–Kier alpha value is -2.39. The van der Waals surface area contributed by atoms with Crippen LogP contribution in [-0.4, -0.2) is 37.8 Å². The minimum absolute atomic E-state index is 0.0185. The van der Waals surface area contributed by atoms with Gasteiger partial charge in [0.1, 0.15) is 4.90 Å². The van der Waals surface area contributed by atoms with Crippen molar-refractivity contribution < 1.29 is 22.7 Å². The molecule has 2 aromatic carbocycles. The van der Waals surface area contributed by atoms with Crippen molar-refractivity contribution in [2.75, 3.05) is 6.61 Å². The minimum atomic E-state index is -3.92. The third-order valence-corrected chi connectivity index (χ3v) is 8.21. The Morgan fingerprint density at radius 3 is 2.53 bits per heavy atom. The standard InChI is InChI=1S/C24H24Cl2N2O5S/c1-2-33-24(30)23(29)21-20-17(26)9-6-10-18(20)27-22(21)14-11-12-16(25)19(13-14)34(31,32)28-15-7-4-3-5-8-15/h6,9-13,15,27-28H,2-5,7-8H2,1H3. The number of aromatic amines is 1. The number of fused-ring (bicyclic) bond motifs is 1. The summed E-state index contributed by atoms with van der Waals surface area (Å²) < 4.78 is 34.0. The summed E-state index contributed by atoms with van der Waals surface area (Å²) in [5, 5.41) is 0.685. The first-order valence-corrected chi connectivity index (χ1v) is 13.3. The van der Waals surface area contributed by atoms with Crippen LogP contribution in [0.15, 0.2) is 41.3 Å². The van der Waals surface area contributed by atoms with Gasteiger partial charge in [-0.1, -0.05) is 54.6 Å². The van der Waals surface area contributed by atoms with Crippen LogP contribution in [0.4, 0.5) is 0 Å². The van der Waals surface area contributed by atoms with E-state index >= 15 is 0 Å². The van der Waals surface area contributed by atoms with Crippen LogP contribution < -0.4 is 4.72 Å². The van der Waals surface area contributed by atoms with Gasteiger partial charge in [-0.3, -0.25) is 4.79 Å². The molecule has 0 radical (unpaired) electrons. The Kier molecular flexibility index (Phi) is 7.33. The lowest BCUT2D eigenvalue weighted by atomic mass is 9.96. The molecule has 1 heterocycles. The number of ketones is 1. The maximum atomic E-state index is 13.2. The van der Waals surface area contributed by atoms with E-state index in [4.69, 9.17) is 27.9 Å². The van der Waals surface area contributed by atoms with Crippen LogP contribution in [0.1, 0.15) is 49.4 Å². The number of carbonyl (C=O) groups excluding carboxylic acids is 2. The van der Waals surface area contributed by atoms with Crippen molar-refractivity contribution in [2.45, 2.75) is 50.0 Å². The summed E-state index contributed by atoms with van der Waals surface area (Å²) in [6, 6.07) is 9.32. The predicted octanol–water partition coefficient (Wildman–Crippen LogP) is 5.50. The van der Waals surface area contributed by atoms with Gasteiger partial charge >= 0.3 is 5.97 Å². The lowest BCUT2D eigenvalue weighted by molar-refractivity contribution is -0.137. The van der Waals surface area contributed by atoms with E-state index < -0.39 is 21.8 Å². The van der Waals surface area contributed by atoms with Crippen LogP contribution in [0.2, 0.25) is 10.0 Å². The molecular formula is C24H24Cl2N2O5S. The van der Waals surface area contributed by atoms with Gasteiger partial charge in [-0.2, -0.15) is 0 Å². The van der Waals surface area contributed by atoms with Gasteiger partial charge in [-0.25, -0.2) is 17.9 Å². The fraction of sp³-hybridized carbons (Fsp3) is 0.333. The number of sulfonamides is 1. The van der Waals surface area contributed by atoms with E-state index in [1.807, 2.05) is 0 Å². The van der Waals surface area contributed by atoms with E-state index in [0.717, 1.165) is 32.1 Å². The molecule has 0 aliphatic heterocycles. The largest absolute Gasteiger partial charge is 0.460 e. The quantitative estimate of drug-likeness (QED) is 0.242. The van der Waals surface area contributed by atoms with E-state index in [9.17, 15) is 18.0 Å². The Morgan fingerprint density at radius 2 is 1.82 bits per heavy atom. The van der Waals surface area contributed by atoms with Gasteiger partial charge in [0.25, 0.3) is 5.78 Å². The lowest BCUT2D eigenvalue weighted by Gasteiger charge is -2.23. The SMILES string of the molecule is CCOC(=O)C(=O)c1c(-c2ccc(Cl)c(S(=O)(=O)NC3CCCCC3)c2)[nH]c2cccc(Cl)c12. The van der Waals surface area contributed by atoms with Crippen molar-refractivity contribution in [1.29, 1.82) is 0 Å². The van der Waals surface area contributed by atoms with Crippen molar-refractivity contribution in [1.82, 2.24) is 9.71 Å². The topological polar surface area (TPSA) is 105 Å². The molecule has 7 nitrogen and oxygen atoms in total. The molecule has 180 valence electrons. The smallest absolute Gasteiger partial charge is 0.379 e. The first kappa shape index (κ1) is 24.7. The molecule has 2 N–H and O–H groups in total. The summed E-state index contributed by atoms with van der Waals surface area (Å²) in [4.78, 5) is 28.4. The van der Waals surface area contributed by atoms with Crippen LogP contribution in [0, 0.1) is 0 Å². The van der Waals surface area contributed by atoms with E-state index in [2.05, 4.69) is 9.71 Å². The van der Waals surface area contributed by atoms with Gasteiger partial charge < -0.3 is 9.72 Å². The number of ether oxygens (including phenoxy) is 1. The van der Waals surface area contributed by atoms with Gasteiger partial charge in [0.2, 0.25) is 10.0 Å². The number of nitrogens with one attached hydrogen (secondary N) is 2. The van der Waals surface area contributed by atoms with Gasteiger partial charge in [-0.15, -0.1) is 0 Å². The Morgan fingerprint density at radius 1 is 1.09 bits per heavy atom. The van der Waals surface area contributed by atoms with Gasteiger partial charge in [0.15, 0.2) is 0 Å². The predicted molar refractivity (Wildman–Crippen MR) is 132 cm³/mol. The molecule has 0 unspecified atom stereocenters. The summed E-state index contributed by atoms with van der Waals surface area (Å²) in [5.41, 5.74) is 1.17. The first-order chi connectivity index (χ1) is 16.2. The molecule has 1 aromatic heterocycles. The summed E-state index contributed by atoms with van der Waals surface area (Å²) in [6.07, 6.45) is 4.57. The first-order valence-electron chi connectivity index (χ1n) is 11.1. The van der Waals surface area contributed by atoms with Crippen molar-refractivity contribution >= 4 is 55.9 Å². The highest BCUT2D eigenvalue weighted by molar-refractivity contribution is 7.89. The van der Waals surface area contributed by atoms with Gasteiger partial charge in [-0.05, 0) is 44.0 Å². The molecule has 0 amide bonds. The zero-order valence-electron chi connectivity index (χ0n) is 18.5.